The van der Waals surface area contributed by atoms with Crippen LogP contribution in [0, 0.1) is 0 Å². The van der Waals surface area contributed by atoms with E-state index in [-0.39, 0.29) is 12.3 Å². The van der Waals surface area contributed by atoms with E-state index in [0.29, 0.717) is 23.8 Å². The standard InChI is InChI=1S/C15H13N3O4/c1-2-20-15(19)13-9-21-14(17-13)7-11-6-12(18-22-11)10-4-3-5-16-8-10/h3-6,8-9H,2,7H2,1H3. The highest BCUT2D eigenvalue weighted by Gasteiger charge is 2.15. The fraction of sp³-hybridized carbons (Fsp3) is 0.200. The number of rotatable bonds is 5. The summed E-state index contributed by atoms with van der Waals surface area (Å²) < 4.78 is 15.3. The molecule has 0 aromatic carbocycles. The van der Waals surface area contributed by atoms with Gasteiger partial charge in [0, 0.05) is 24.0 Å². The molecule has 3 rings (SSSR count). The van der Waals surface area contributed by atoms with Crippen molar-refractivity contribution in [3.63, 3.8) is 0 Å². The Morgan fingerprint density at radius 1 is 1.41 bits per heavy atom. The summed E-state index contributed by atoms with van der Waals surface area (Å²) in [5, 5.41) is 3.98. The summed E-state index contributed by atoms with van der Waals surface area (Å²) in [4.78, 5) is 19.6. The van der Waals surface area contributed by atoms with Gasteiger partial charge >= 0.3 is 5.97 Å². The summed E-state index contributed by atoms with van der Waals surface area (Å²) in [6, 6.07) is 5.49. The van der Waals surface area contributed by atoms with Gasteiger partial charge in [0.25, 0.3) is 0 Å². The number of nitrogens with zero attached hydrogens (tertiary/aromatic N) is 3. The van der Waals surface area contributed by atoms with E-state index in [1.807, 2.05) is 12.1 Å². The molecule has 0 aliphatic carbocycles. The summed E-state index contributed by atoms with van der Waals surface area (Å²) in [5.41, 5.74) is 1.68. The average molecular weight is 299 g/mol. The Morgan fingerprint density at radius 3 is 3.09 bits per heavy atom. The van der Waals surface area contributed by atoms with Crippen LogP contribution >= 0.6 is 0 Å². The molecule has 3 aromatic heterocycles. The number of esters is 1. The van der Waals surface area contributed by atoms with Crippen molar-refractivity contribution < 1.29 is 18.5 Å². The van der Waals surface area contributed by atoms with Crippen molar-refractivity contribution in [3.05, 3.63) is 54.2 Å². The van der Waals surface area contributed by atoms with Crippen LogP contribution in [0.25, 0.3) is 11.3 Å². The first-order chi connectivity index (χ1) is 10.8. The number of carbonyl (C=O) groups excluding carboxylic acids is 1. The van der Waals surface area contributed by atoms with Crippen LogP contribution in [0.4, 0.5) is 0 Å². The fourth-order valence-corrected chi connectivity index (χ4v) is 1.89. The molecule has 0 N–H and O–H groups in total. The molecule has 3 aromatic rings. The Morgan fingerprint density at radius 2 is 2.32 bits per heavy atom. The number of hydrogen-bond donors (Lipinski definition) is 0. The quantitative estimate of drug-likeness (QED) is 0.668. The Balaban J connectivity index is 1.72. The van der Waals surface area contributed by atoms with Crippen LogP contribution in [0.1, 0.15) is 29.1 Å². The lowest BCUT2D eigenvalue weighted by Crippen LogP contribution is -2.05. The van der Waals surface area contributed by atoms with Gasteiger partial charge in [-0.25, -0.2) is 9.78 Å². The monoisotopic (exact) mass is 299 g/mol. The zero-order chi connectivity index (χ0) is 15.4. The molecule has 0 aliphatic rings. The Bertz CT molecular complexity index is 764. The van der Waals surface area contributed by atoms with Crippen molar-refractivity contribution in [2.45, 2.75) is 13.3 Å². The van der Waals surface area contributed by atoms with E-state index in [9.17, 15) is 4.79 Å². The van der Waals surface area contributed by atoms with Crippen LogP contribution in [0.2, 0.25) is 0 Å². The molecule has 0 fully saturated rings. The molecule has 0 bridgehead atoms. The topological polar surface area (TPSA) is 91.2 Å². The molecule has 3 heterocycles. The lowest BCUT2D eigenvalue weighted by atomic mass is 10.2. The van der Waals surface area contributed by atoms with Crippen LogP contribution in [-0.4, -0.2) is 27.7 Å². The first-order valence-electron chi connectivity index (χ1n) is 6.73. The Kier molecular flexibility index (Phi) is 3.95. The minimum atomic E-state index is -0.508. The minimum absolute atomic E-state index is 0.142. The van der Waals surface area contributed by atoms with Crippen LogP contribution < -0.4 is 0 Å². The van der Waals surface area contributed by atoms with Gasteiger partial charge in [0.2, 0.25) is 5.89 Å². The lowest BCUT2D eigenvalue weighted by molar-refractivity contribution is 0.0519. The summed E-state index contributed by atoms with van der Waals surface area (Å²) in [5.74, 6) is 0.430. The molecule has 7 heteroatoms. The van der Waals surface area contributed by atoms with Gasteiger partial charge in [0.05, 0.1) is 13.0 Å². The van der Waals surface area contributed by atoms with Gasteiger partial charge in [0.1, 0.15) is 17.7 Å². The molecule has 0 aliphatic heterocycles. The first kappa shape index (κ1) is 14.0. The lowest BCUT2D eigenvalue weighted by Gasteiger charge is -1.94. The molecule has 112 valence electrons. The van der Waals surface area contributed by atoms with Gasteiger partial charge in [-0.2, -0.15) is 0 Å². The number of ether oxygens (including phenoxy) is 1. The van der Waals surface area contributed by atoms with Gasteiger partial charge in [-0.15, -0.1) is 0 Å². The van der Waals surface area contributed by atoms with Crippen molar-refractivity contribution in [2.75, 3.05) is 6.61 Å². The van der Waals surface area contributed by atoms with Crippen molar-refractivity contribution in [3.8, 4) is 11.3 Å². The Labute approximate surface area is 125 Å². The molecule has 0 radical (unpaired) electrons. The summed E-state index contributed by atoms with van der Waals surface area (Å²) in [6.45, 7) is 2.02. The second-order valence-corrected chi connectivity index (χ2v) is 4.44. The van der Waals surface area contributed by atoms with Gasteiger partial charge in [-0.05, 0) is 19.1 Å². The second kappa shape index (κ2) is 6.21. The van der Waals surface area contributed by atoms with Crippen LogP contribution in [-0.2, 0) is 11.2 Å². The zero-order valence-corrected chi connectivity index (χ0v) is 11.9. The summed E-state index contributed by atoms with van der Waals surface area (Å²) >= 11 is 0. The zero-order valence-electron chi connectivity index (χ0n) is 11.9. The minimum Gasteiger partial charge on any atom is -0.461 e. The molecule has 22 heavy (non-hydrogen) atoms. The Hall–Kier alpha value is -2.96. The molecule has 0 amide bonds. The second-order valence-electron chi connectivity index (χ2n) is 4.44. The van der Waals surface area contributed by atoms with E-state index in [4.69, 9.17) is 13.7 Å². The number of hydrogen-bond acceptors (Lipinski definition) is 7. The number of pyridine rings is 1. The number of carbonyl (C=O) groups is 1. The molecule has 0 spiro atoms. The van der Waals surface area contributed by atoms with Crippen LogP contribution in [0.5, 0.6) is 0 Å². The van der Waals surface area contributed by atoms with E-state index in [1.165, 1.54) is 6.26 Å². The smallest absolute Gasteiger partial charge is 0.360 e. The van der Waals surface area contributed by atoms with Gasteiger partial charge in [-0.1, -0.05) is 5.16 Å². The van der Waals surface area contributed by atoms with E-state index < -0.39 is 5.97 Å². The predicted molar refractivity (Wildman–Crippen MR) is 75.0 cm³/mol. The van der Waals surface area contributed by atoms with E-state index in [1.54, 1.807) is 25.4 Å². The van der Waals surface area contributed by atoms with Gasteiger partial charge in [0.15, 0.2) is 5.69 Å². The van der Waals surface area contributed by atoms with E-state index in [0.717, 1.165) is 5.56 Å². The van der Waals surface area contributed by atoms with Gasteiger partial charge in [-0.3, -0.25) is 4.98 Å². The van der Waals surface area contributed by atoms with Gasteiger partial charge < -0.3 is 13.7 Å². The van der Waals surface area contributed by atoms with Crippen molar-refractivity contribution in [2.24, 2.45) is 0 Å². The van der Waals surface area contributed by atoms with Crippen molar-refractivity contribution >= 4 is 5.97 Å². The third kappa shape index (κ3) is 3.03. The van der Waals surface area contributed by atoms with E-state index >= 15 is 0 Å². The van der Waals surface area contributed by atoms with Crippen molar-refractivity contribution in [1.29, 1.82) is 0 Å². The average Bonchev–Trinajstić information content (AvgIpc) is 3.18. The molecular weight excluding hydrogens is 286 g/mol. The number of oxazole rings is 1. The molecule has 7 nitrogen and oxygen atoms in total. The maximum absolute atomic E-state index is 11.5. The first-order valence-corrected chi connectivity index (χ1v) is 6.73. The third-order valence-electron chi connectivity index (χ3n) is 2.88. The molecule has 0 unspecified atom stereocenters. The highest BCUT2D eigenvalue weighted by molar-refractivity contribution is 5.86. The summed E-state index contributed by atoms with van der Waals surface area (Å²) in [7, 11) is 0. The maximum atomic E-state index is 11.5. The summed E-state index contributed by atoms with van der Waals surface area (Å²) in [6.07, 6.45) is 4.96. The highest BCUT2D eigenvalue weighted by atomic mass is 16.5. The van der Waals surface area contributed by atoms with Crippen molar-refractivity contribution in [1.82, 2.24) is 15.1 Å². The number of aromatic nitrogens is 3. The fourth-order valence-electron chi connectivity index (χ4n) is 1.89. The molecule has 0 saturated heterocycles. The highest BCUT2D eigenvalue weighted by Crippen LogP contribution is 2.19. The van der Waals surface area contributed by atoms with Crippen LogP contribution in [0.15, 0.2) is 45.8 Å². The molecule has 0 saturated carbocycles. The van der Waals surface area contributed by atoms with Crippen LogP contribution in [0.3, 0.4) is 0 Å². The maximum Gasteiger partial charge on any atom is 0.360 e. The largest absolute Gasteiger partial charge is 0.461 e. The predicted octanol–water partition coefficient (Wildman–Crippen LogP) is 2.49. The van der Waals surface area contributed by atoms with E-state index in [2.05, 4.69) is 15.1 Å². The normalized spacial score (nSPS) is 10.6. The molecule has 0 atom stereocenters. The SMILES string of the molecule is CCOC(=O)c1coc(Cc2cc(-c3cccnc3)no2)n1. The molecular formula is C15H13N3O4. The third-order valence-corrected chi connectivity index (χ3v) is 2.88.